The van der Waals surface area contributed by atoms with Crippen molar-refractivity contribution >= 4 is 17.7 Å². The number of amides is 1. The van der Waals surface area contributed by atoms with E-state index in [1.165, 1.54) is 11.8 Å². The lowest BCUT2D eigenvalue weighted by Gasteiger charge is -2.16. The van der Waals surface area contributed by atoms with Gasteiger partial charge in [-0.15, -0.1) is 10.2 Å². The Labute approximate surface area is 188 Å². The minimum Gasteiger partial charge on any atom is -0.483 e. The second-order valence-electron chi connectivity index (χ2n) is 7.66. The molecule has 0 fully saturated rings. The molecule has 164 valence electrons. The van der Waals surface area contributed by atoms with Crippen molar-refractivity contribution in [3.8, 4) is 5.75 Å². The van der Waals surface area contributed by atoms with Gasteiger partial charge >= 0.3 is 0 Å². The maximum absolute atomic E-state index is 12.4. The van der Waals surface area contributed by atoms with Crippen LogP contribution in [0.2, 0.25) is 0 Å². The van der Waals surface area contributed by atoms with Crippen LogP contribution in [0.4, 0.5) is 0 Å². The van der Waals surface area contributed by atoms with Gasteiger partial charge in [0.05, 0.1) is 11.8 Å². The molecule has 0 saturated heterocycles. The molecule has 0 spiro atoms. The van der Waals surface area contributed by atoms with Gasteiger partial charge in [0, 0.05) is 6.54 Å². The summed E-state index contributed by atoms with van der Waals surface area (Å²) in [6.07, 6.45) is -0.255. The lowest BCUT2D eigenvalue weighted by molar-refractivity contribution is -0.119. The number of hydrogen-bond donors (Lipinski definition) is 1. The summed E-state index contributed by atoms with van der Waals surface area (Å²) in [6, 6.07) is 16.0. The van der Waals surface area contributed by atoms with E-state index in [4.69, 9.17) is 4.74 Å². The standard InChI is InChI=1S/C24H30N4O2S/c1-6-28-23(19(5)30-21-13-16(2)12-17(3)14-21)26-27-24(28)31-15-22(29)25-18(4)20-10-8-7-9-11-20/h7-14,18-19H,6,15H2,1-5H3,(H,25,29). The maximum Gasteiger partial charge on any atom is 0.230 e. The normalized spacial score (nSPS) is 12.9. The Morgan fingerprint density at radius 1 is 1.10 bits per heavy atom. The SMILES string of the molecule is CCn1c(SCC(=O)NC(C)c2ccccc2)nnc1C(C)Oc1cc(C)cc(C)c1. The van der Waals surface area contributed by atoms with Gasteiger partial charge in [0.2, 0.25) is 5.91 Å². The summed E-state index contributed by atoms with van der Waals surface area (Å²) in [5, 5.41) is 12.4. The fraction of sp³-hybridized carbons (Fsp3) is 0.375. The highest BCUT2D eigenvalue weighted by atomic mass is 32.2. The first-order valence-electron chi connectivity index (χ1n) is 10.5. The summed E-state index contributed by atoms with van der Waals surface area (Å²) in [5.74, 6) is 1.82. The number of rotatable bonds is 9. The molecule has 1 aromatic heterocycles. The number of ether oxygens (including phenoxy) is 1. The summed E-state index contributed by atoms with van der Waals surface area (Å²) in [7, 11) is 0. The summed E-state index contributed by atoms with van der Waals surface area (Å²) >= 11 is 1.39. The summed E-state index contributed by atoms with van der Waals surface area (Å²) in [6.45, 7) is 10.8. The number of benzene rings is 2. The van der Waals surface area contributed by atoms with Crippen LogP contribution in [0.3, 0.4) is 0 Å². The third-order valence-corrected chi connectivity index (χ3v) is 5.91. The fourth-order valence-electron chi connectivity index (χ4n) is 3.50. The van der Waals surface area contributed by atoms with E-state index in [1.54, 1.807) is 0 Å². The van der Waals surface area contributed by atoms with Crippen LogP contribution in [0.15, 0.2) is 53.7 Å². The number of hydrogen-bond acceptors (Lipinski definition) is 5. The Morgan fingerprint density at radius 3 is 2.42 bits per heavy atom. The molecule has 1 amide bonds. The molecule has 3 rings (SSSR count). The molecule has 0 saturated carbocycles. The quantitative estimate of drug-likeness (QED) is 0.475. The molecule has 0 bridgehead atoms. The predicted molar refractivity (Wildman–Crippen MR) is 124 cm³/mol. The Morgan fingerprint density at radius 2 is 1.77 bits per heavy atom. The van der Waals surface area contributed by atoms with Gasteiger partial charge in [-0.05, 0) is 63.4 Å². The number of nitrogens with one attached hydrogen (secondary N) is 1. The number of aromatic nitrogens is 3. The van der Waals surface area contributed by atoms with Crippen molar-refractivity contribution in [2.24, 2.45) is 0 Å². The predicted octanol–water partition coefficient (Wildman–Crippen LogP) is 5.02. The van der Waals surface area contributed by atoms with Crippen molar-refractivity contribution in [2.75, 3.05) is 5.75 Å². The van der Waals surface area contributed by atoms with Crippen LogP contribution < -0.4 is 10.1 Å². The van der Waals surface area contributed by atoms with E-state index >= 15 is 0 Å². The maximum atomic E-state index is 12.4. The lowest BCUT2D eigenvalue weighted by atomic mass is 10.1. The third-order valence-electron chi connectivity index (χ3n) is 4.94. The zero-order valence-corrected chi connectivity index (χ0v) is 19.6. The molecule has 0 aliphatic rings. The van der Waals surface area contributed by atoms with Crippen LogP contribution in [0.25, 0.3) is 0 Å². The van der Waals surface area contributed by atoms with Gasteiger partial charge in [-0.3, -0.25) is 4.79 Å². The van der Waals surface area contributed by atoms with E-state index in [-0.39, 0.29) is 23.8 Å². The molecule has 1 N–H and O–H groups in total. The lowest BCUT2D eigenvalue weighted by Crippen LogP contribution is -2.28. The van der Waals surface area contributed by atoms with Crippen LogP contribution in [0.5, 0.6) is 5.75 Å². The van der Waals surface area contributed by atoms with Crippen molar-refractivity contribution in [3.05, 3.63) is 71.0 Å². The number of thioether (sulfide) groups is 1. The molecule has 2 unspecified atom stereocenters. The van der Waals surface area contributed by atoms with E-state index in [1.807, 2.05) is 67.8 Å². The number of aryl methyl sites for hydroxylation is 2. The molecule has 2 atom stereocenters. The molecule has 31 heavy (non-hydrogen) atoms. The Bertz CT molecular complexity index is 999. The highest BCUT2D eigenvalue weighted by Crippen LogP contribution is 2.26. The highest BCUT2D eigenvalue weighted by Gasteiger charge is 2.20. The molecule has 0 aliphatic carbocycles. The van der Waals surface area contributed by atoms with Gasteiger partial charge in [-0.2, -0.15) is 0 Å². The third kappa shape index (κ3) is 6.10. The first kappa shape index (κ1) is 22.9. The second-order valence-corrected chi connectivity index (χ2v) is 8.60. The minimum atomic E-state index is -0.255. The van der Waals surface area contributed by atoms with E-state index < -0.39 is 0 Å². The molecule has 3 aromatic rings. The van der Waals surface area contributed by atoms with E-state index in [0.29, 0.717) is 6.54 Å². The number of nitrogens with zero attached hydrogens (tertiary/aromatic N) is 3. The van der Waals surface area contributed by atoms with Crippen molar-refractivity contribution < 1.29 is 9.53 Å². The van der Waals surface area contributed by atoms with Crippen molar-refractivity contribution in [2.45, 2.75) is 58.5 Å². The van der Waals surface area contributed by atoms with Crippen LogP contribution in [-0.4, -0.2) is 26.4 Å². The summed E-state index contributed by atoms with van der Waals surface area (Å²) < 4.78 is 8.14. The monoisotopic (exact) mass is 438 g/mol. The summed E-state index contributed by atoms with van der Waals surface area (Å²) in [4.78, 5) is 12.4. The van der Waals surface area contributed by atoms with Gasteiger partial charge in [0.25, 0.3) is 0 Å². The average molecular weight is 439 g/mol. The molecular formula is C24H30N4O2S. The van der Waals surface area contributed by atoms with Gasteiger partial charge in [0.15, 0.2) is 17.1 Å². The molecule has 0 radical (unpaired) electrons. The van der Waals surface area contributed by atoms with E-state index in [2.05, 4.69) is 35.4 Å². The average Bonchev–Trinajstić information content (AvgIpc) is 3.15. The van der Waals surface area contributed by atoms with Crippen LogP contribution >= 0.6 is 11.8 Å². The molecule has 7 heteroatoms. The molecule has 1 heterocycles. The highest BCUT2D eigenvalue weighted by molar-refractivity contribution is 7.99. The Hall–Kier alpha value is -2.80. The number of carbonyl (C=O) groups excluding carboxylic acids is 1. The van der Waals surface area contributed by atoms with Crippen molar-refractivity contribution in [1.82, 2.24) is 20.1 Å². The van der Waals surface area contributed by atoms with Crippen LogP contribution in [0.1, 0.15) is 55.4 Å². The Kier molecular flexibility index (Phi) is 7.74. The fourth-order valence-corrected chi connectivity index (χ4v) is 4.32. The zero-order valence-electron chi connectivity index (χ0n) is 18.8. The smallest absolute Gasteiger partial charge is 0.230 e. The van der Waals surface area contributed by atoms with Crippen molar-refractivity contribution in [3.63, 3.8) is 0 Å². The van der Waals surface area contributed by atoms with Crippen LogP contribution in [-0.2, 0) is 11.3 Å². The second kappa shape index (κ2) is 10.5. The largest absolute Gasteiger partial charge is 0.483 e. The van der Waals surface area contributed by atoms with Crippen LogP contribution in [0, 0.1) is 13.8 Å². The molecular weight excluding hydrogens is 408 g/mol. The van der Waals surface area contributed by atoms with Gasteiger partial charge in [0.1, 0.15) is 5.75 Å². The number of carbonyl (C=O) groups is 1. The first-order valence-corrected chi connectivity index (χ1v) is 11.5. The van der Waals surface area contributed by atoms with E-state index in [0.717, 1.165) is 33.4 Å². The molecule has 6 nitrogen and oxygen atoms in total. The molecule has 2 aromatic carbocycles. The van der Waals surface area contributed by atoms with Gasteiger partial charge < -0.3 is 14.6 Å². The topological polar surface area (TPSA) is 69.0 Å². The Balaban J connectivity index is 1.62. The minimum absolute atomic E-state index is 0.0342. The summed E-state index contributed by atoms with van der Waals surface area (Å²) in [5.41, 5.74) is 3.40. The first-order chi connectivity index (χ1) is 14.9. The van der Waals surface area contributed by atoms with E-state index in [9.17, 15) is 4.79 Å². The zero-order chi connectivity index (χ0) is 22.4. The van der Waals surface area contributed by atoms with Crippen molar-refractivity contribution in [1.29, 1.82) is 0 Å². The van der Waals surface area contributed by atoms with Gasteiger partial charge in [-0.25, -0.2) is 0 Å². The molecule has 0 aliphatic heterocycles. The van der Waals surface area contributed by atoms with Gasteiger partial charge in [-0.1, -0.05) is 48.2 Å².